The summed E-state index contributed by atoms with van der Waals surface area (Å²) < 4.78 is 1.67. The van der Waals surface area contributed by atoms with Crippen LogP contribution >= 0.6 is 11.3 Å². The van der Waals surface area contributed by atoms with Crippen LogP contribution in [-0.2, 0) is 0 Å². The third-order valence-electron chi connectivity index (χ3n) is 5.65. The topological polar surface area (TPSA) is 85.6 Å². The van der Waals surface area contributed by atoms with E-state index in [4.69, 9.17) is 4.98 Å². The zero-order valence-electron chi connectivity index (χ0n) is 19.4. The second-order valence-electron chi connectivity index (χ2n) is 8.33. The summed E-state index contributed by atoms with van der Waals surface area (Å²) in [7, 11) is 0. The van der Waals surface area contributed by atoms with Crippen LogP contribution in [0.15, 0.2) is 90.8 Å². The number of amides is 1. The van der Waals surface area contributed by atoms with Crippen LogP contribution in [0.1, 0.15) is 53.0 Å². The van der Waals surface area contributed by atoms with Crippen molar-refractivity contribution in [1.29, 1.82) is 0 Å². The van der Waals surface area contributed by atoms with Crippen molar-refractivity contribution in [3.05, 3.63) is 113 Å². The molecule has 0 aliphatic heterocycles. The first-order chi connectivity index (χ1) is 17.1. The molecule has 0 fully saturated rings. The predicted molar refractivity (Wildman–Crippen MR) is 137 cm³/mol. The van der Waals surface area contributed by atoms with E-state index in [0.29, 0.717) is 11.5 Å². The molecule has 8 heteroatoms. The first-order valence-corrected chi connectivity index (χ1v) is 12.2. The molecule has 0 saturated heterocycles. The van der Waals surface area contributed by atoms with Crippen molar-refractivity contribution in [2.45, 2.75) is 25.8 Å². The number of nitrogens with one attached hydrogen (secondary N) is 1. The van der Waals surface area contributed by atoms with Gasteiger partial charge in [-0.1, -0.05) is 50.2 Å². The zero-order valence-corrected chi connectivity index (χ0v) is 20.2. The van der Waals surface area contributed by atoms with Gasteiger partial charge in [0.25, 0.3) is 11.9 Å². The normalized spacial score (nSPS) is 12.0. The van der Waals surface area contributed by atoms with Crippen molar-refractivity contribution in [1.82, 2.24) is 30.0 Å². The van der Waals surface area contributed by atoms with Crippen LogP contribution in [0, 0.1) is 0 Å². The third-order valence-corrected chi connectivity index (χ3v) is 6.54. The Balaban J connectivity index is 1.51. The Kier molecular flexibility index (Phi) is 6.45. The van der Waals surface area contributed by atoms with E-state index < -0.39 is 0 Å². The monoisotopic (exact) mass is 480 g/mol. The average molecular weight is 481 g/mol. The Morgan fingerprint density at radius 3 is 2.43 bits per heavy atom. The van der Waals surface area contributed by atoms with Gasteiger partial charge in [0.05, 0.1) is 34.1 Å². The van der Waals surface area contributed by atoms with Crippen LogP contribution in [-0.4, -0.2) is 30.6 Å². The van der Waals surface area contributed by atoms with Crippen molar-refractivity contribution in [2.24, 2.45) is 0 Å². The van der Waals surface area contributed by atoms with Gasteiger partial charge in [-0.05, 0) is 46.7 Å². The fourth-order valence-electron chi connectivity index (χ4n) is 4.03. The summed E-state index contributed by atoms with van der Waals surface area (Å²) in [6.45, 7) is 4.07. The lowest BCUT2D eigenvalue weighted by molar-refractivity contribution is 0.0941. The van der Waals surface area contributed by atoms with Gasteiger partial charge in [0.2, 0.25) is 0 Å². The number of rotatable bonds is 7. The number of hydrogen-bond acceptors (Lipinski definition) is 6. The minimum atomic E-state index is -0.325. The van der Waals surface area contributed by atoms with Crippen molar-refractivity contribution >= 4 is 17.2 Å². The molecule has 4 heterocycles. The van der Waals surface area contributed by atoms with E-state index in [1.165, 1.54) is 0 Å². The number of aromatic nitrogens is 5. The number of nitrogens with zero attached hydrogens (tertiary/aromatic N) is 5. The van der Waals surface area contributed by atoms with Gasteiger partial charge in [0, 0.05) is 18.6 Å². The Bertz CT molecular complexity index is 1380. The lowest BCUT2D eigenvalue weighted by atomic mass is 9.98. The molecule has 4 aromatic heterocycles. The van der Waals surface area contributed by atoms with Gasteiger partial charge in [-0.25, -0.2) is 14.6 Å². The van der Waals surface area contributed by atoms with E-state index in [9.17, 15) is 4.79 Å². The van der Waals surface area contributed by atoms with E-state index in [2.05, 4.69) is 20.4 Å². The molecule has 1 unspecified atom stereocenters. The fourth-order valence-corrected chi connectivity index (χ4v) is 4.72. The lowest BCUT2D eigenvalue weighted by Gasteiger charge is -2.20. The first kappa shape index (κ1) is 22.6. The SMILES string of the molecule is CC(C)c1c(C(=O)NC(c2ccccc2)c2ccncc2)cnn1-c1nccc(-c2cccs2)n1. The molecule has 0 spiro atoms. The molecular formula is C27H24N6OS. The minimum Gasteiger partial charge on any atom is -0.341 e. The Hall–Kier alpha value is -4.17. The molecule has 1 amide bonds. The second-order valence-corrected chi connectivity index (χ2v) is 9.27. The van der Waals surface area contributed by atoms with Gasteiger partial charge < -0.3 is 5.32 Å². The summed E-state index contributed by atoms with van der Waals surface area (Å²) in [5.41, 5.74) is 4.01. The summed E-state index contributed by atoms with van der Waals surface area (Å²) >= 11 is 1.61. The first-order valence-electron chi connectivity index (χ1n) is 11.3. The molecule has 0 aliphatic carbocycles. The summed E-state index contributed by atoms with van der Waals surface area (Å²) in [4.78, 5) is 27.9. The van der Waals surface area contributed by atoms with Crippen molar-refractivity contribution in [3.8, 4) is 16.5 Å². The lowest BCUT2D eigenvalue weighted by Crippen LogP contribution is -2.30. The molecule has 35 heavy (non-hydrogen) atoms. The number of pyridine rings is 1. The summed E-state index contributed by atoms with van der Waals surface area (Å²) in [6, 6.07) is 19.3. The van der Waals surface area contributed by atoms with Gasteiger partial charge in [-0.3, -0.25) is 9.78 Å². The molecule has 5 rings (SSSR count). The standard InChI is InChI=1S/C27H24N6OS/c1-18(2)25-21(17-30-33(25)27-29-15-12-22(31-27)23-9-6-16-35-23)26(34)32-24(19-7-4-3-5-8-19)20-10-13-28-14-11-20/h3-18,24H,1-2H3,(H,32,34). The van der Waals surface area contributed by atoms with Crippen LogP contribution in [0.2, 0.25) is 0 Å². The molecule has 174 valence electrons. The summed E-state index contributed by atoms with van der Waals surface area (Å²) in [6.07, 6.45) is 6.78. The zero-order chi connectivity index (χ0) is 24.2. The van der Waals surface area contributed by atoms with E-state index in [1.807, 2.05) is 79.9 Å². The number of hydrogen-bond donors (Lipinski definition) is 1. The van der Waals surface area contributed by atoms with Crippen LogP contribution < -0.4 is 5.32 Å². The van der Waals surface area contributed by atoms with Gasteiger partial charge in [-0.2, -0.15) is 5.10 Å². The molecule has 5 aromatic rings. The number of carbonyl (C=O) groups is 1. The number of thiophene rings is 1. The Morgan fingerprint density at radius 2 is 1.71 bits per heavy atom. The van der Waals surface area contributed by atoms with E-state index in [1.54, 1.807) is 40.8 Å². The maximum Gasteiger partial charge on any atom is 0.255 e. The van der Waals surface area contributed by atoms with Crippen LogP contribution in [0.5, 0.6) is 0 Å². The smallest absolute Gasteiger partial charge is 0.255 e. The highest BCUT2D eigenvalue weighted by atomic mass is 32.1. The molecular weight excluding hydrogens is 456 g/mol. The van der Waals surface area contributed by atoms with E-state index in [-0.39, 0.29) is 17.9 Å². The summed E-state index contributed by atoms with van der Waals surface area (Å²) in [5, 5.41) is 9.74. The maximum atomic E-state index is 13.6. The quantitative estimate of drug-likeness (QED) is 0.336. The predicted octanol–water partition coefficient (Wildman–Crippen LogP) is 5.43. The van der Waals surface area contributed by atoms with Crippen LogP contribution in [0.3, 0.4) is 0 Å². The number of carbonyl (C=O) groups excluding carboxylic acids is 1. The molecule has 1 aromatic carbocycles. The highest BCUT2D eigenvalue weighted by Crippen LogP contribution is 2.27. The van der Waals surface area contributed by atoms with Gasteiger partial charge >= 0.3 is 0 Å². The van der Waals surface area contributed by atoms with Gasteiger partial charge in [0.15, 0.2) is 0 Å². The van der Waals surface area contributed by atoms with Gasteiger partial charge in [0.1, 0.15) is 0 Å². The molecule has 0 aliphatic rings. The Morgan fingerprint density at radius 1 is 0.943 bits per heavy atom. The van der Waals surface area contributed by atoms with E-state index >= 15 is 0 Å². The highest BCUT2D eigenvalue weighted by molar-refractivity contribution is 7.13. The third kappa shape index (κ3) is 4.74. The molecule has 0 bridgehead atoms. The van der Waals surface area contributed by atoms with E-state index in [0.717, 1.165) is 27.4 Å². The van der Waals surface area contributed by atoms with Crippen molar-refractivity contribution < 1.29 is 4.79 Å². The Labute approximate surface area is 207 Å². The number of benzene rings is 1. The van der Waals surface area contributed by atoms with Crippen LogP contribution in [0.25, 0.3) is 16.5 Å². The average Bonchev–Trinajstić information content (AvgIpc) is 3.59. The fraction of sp³-hybridized carbons (Fsp3) is 0.148. The van der Waals surface area contributed by atoms with Gasteiger partial charge in [-0.15, -0.1) is 11.3 Å². The second kappa shape index (κ2) is 9.99. The molecule has 7 nitrogen and oxygen atoms in total. The van der Waals surface area contributed by atoms with Crippen molar-refractivity contribution in [3.63, 3.8) is 0 Å². The maximum absolute atomic E-state index is 13.6. The molecule has 0 saturated carbocycles. The summed E-state index contributed by atoms with van der Waals surface area (Å²) in [5.74, 6) is 0.246. The largest absolute Gasteiger partial charge is 0.341 e. The van der Waals surface area contributed by atoms with Crippen LogP contribution in [0.4, 0.5) is 0 Å². The minimum absolute atomic E-state index is 0.0170. The molecule has 1 N–H and O–H groups in total. The molecule has 1 atom stereocenters. The molecule has 0 radical (unpaired) electrons. The van der Waals surface area contributed by atoms with Crippen molar-refractivity contribution in [2.75, 3.05) is 0 Å². The highest BCUT2D eigenvalue weighted by Gasteiger charge is 2.25.